The lowest BCUT2D eigenvalue weighted by molar-refractivity contribution is 0.570. The molecule has 0 saturated carbocycles. The minimum absolute atomic E-state index is 0.155. The molecule has 1 heterocycles. The molecule has 0 aliphatic heterocycles. The molecule has 0 amide bonds. The Morgan fingerprint density at radius 2 is 1.87 bits per heavy atom. The van der Waals surface area contributed by atoms with Crippen molar-refractivity contribution in [2.24, 2.45) is 5.14 Å². The Kier molecular flexibility index (Phi) is 3.52. The Hall–Kier alpha value is -0.460. The highest BCUT2D eigenvalue weighted by molar-refractivity contribution is 7.89. The molecular weight excluding hydrogens is 232 g/mol. The third-order valence-electron chi connectivity index (χ3n) is 2.66. The van der Waals surface area contributed by atoms with Crippen molar-refractivity contribution in [3.63, 3.8) is 0 Å². The van der Waals surface area contributed by atoms with Gasteiger partial charge < -0.3 is 0 Å². The van der Waals surface area contributed by atoms with Gasteiger partial charge in [-0.25, -0.2) is 18.5 Å². The summed E-state index contributed by atoms with van der Waals surface area (Å²) in [7, 11) is -3.49. The molecule has 0 spiro atoms. The van der Waals surface area contributed by atoms with Gasteiger partial charge in [0.1, 0.15) is 0 Å². The molecule has 0 unspecified atom stereocenters. The first-order valence-corrected chi connectivity index (χ1v) is 7.11. The average molecular weight is 248 g/mol. The summed E-state index contributed by atoms with van der Waals surface area (Å²) in [6, 6.07) is 0. The first-order chi connectivity index (χ1) is 6.73. The molecule has 0 fully saturated rings. The molecule has 0 aliphatic rings. The van der Waals surface area contributed by atoms with Crippen LogP contribution in [0.3, 0.4) is 0 Å². The molecule has 0 aromatic carbocycles. The standard InChI is InChI=1S/C9H16N2O2S2/c1-5(8(4)15(10,12)13)9-11-6(2)7(3)14-9/h5,8H,1-4H3,(H2,10,12,13)/t5-,8-/m0/s1. The zero-order chi connectivity index (χ0) is 11.8. The number of aryl methyl sites for hydroxylation is 2. The molecule has 2 atom stereocenters. The van der Waals surface area contributed by atoms with Gasteiger partial charge >= 0.3 is 0 Å². The van der Waals surface area contributed by atoms with Crippen LogP contribution in [-0.4, -0.2) is 18.7 Å². The highest BCUT2D eigenvalue weighted by Gasteiger charge is 2.26. The van der Waals surface area contributed by atoms with Crippen LogP contribution in [0.25, 0.3) is 0 Å². The van der Waals surface area contributed by atoms with E-state index in [9.17, 15) is 8.42 Å². The fraction of sp³-hybridized carbons (Fsp3) is 0.667. The number of nitrogens with two attached hydrogens (primary N) is 1. The van der Waals surface area contributed by atoms with E-state index in [0.29, 0.717) is 0 Å². The van der Waals surface area contributed by atoms with Crippen LogP contribution in [0, 0.1) is 13.8 Å². The van der Waals surface area contributed by atoms with Gasteiger partial charge in [-0.2, -0.15) is 0 Å². The largest absolute Gasteiger partial charge is 0.246 e. The monoisotopic (exact) mass is 248 g/mol. The highest BCUT2D eigenvalue weighted by atomic mass is 32.2. The van der Waals surface area contributed by atoms with Crippen LogP contribution in [0.1, 0.15) is 35.3 Å². The van der Waals surface area contributed by atoms with E-state index in [-0.39, 0.29) is 5.92 Å². The maximum Gasteiger partial charge on any atom is 0.212 e. The van der Waals surface area contributed by atoms with Gasteiger partial charge in [-0.1, -0.05) is 6.92 Å². The summed E-state index contributed by atoms with van der Waals surface area (Å²) in [4.78, 5) is 5.47. The summed E-state index contributed by atoms with van der Waals surface area (Å²) in [5, 5.41) is 5.36. The molecule has 0 aliphatic carbocycles. The van der Waals surface area contributed by atoms with Crippen LogP contribution < -0.4 is 5.14 Å². The summed E-state index contributed by atoms with van der Waals surface area (Å²) in [6.45, 7) is 7.35. The van der Waals surface area contributed by atoms with Crippen molar-refractivity contribution in [1.82, 2.24) is 4.98 Å². The third kappa shape index (κ3) is 2.76. The number of nitrogens with zero attached hydrogens (tertiary/aromatic N) is 1. The van der Waals surface area contributed by atoms with Gasteiger partial charge in [-0.3, -0.25) is 0 Å². The van der Waals surface area contributed by atoms with Crippen LogP contribution in [0.4, 0.5) is 0 Å². The van der Waals surface area contributed by atoms with Crippen molar-refractivity contribution >= 4 is 21.4 Å². The van der Waals surface area contributed by atoms with Crippen molar-refractivity contribution in [1.29, 1.82) is 0 Å². The normalized spacial score (nSPS) is 16.3. The first kappa shape index (κ1) is 12.6. The zero-order valence-electron chi connectivity index (χ0n) is 9.31. The molecule has 0 saturated heterocycles. The summed E-state index contributed by atoms with van der Waals surface area (Å²) >= 11 is 1.54. The molecular formula is C9H16N2O2S2. The lowest BCUT2D eigenvalue weighted by Gasteiger charge is -2.14. The van der Waals surface area contributed by atoms with Crippen molar-refractivity contribution in [3.8, 4) is 0 Å². The molecule has 1 aromatic rings. The van der Waals surface area contributed by atoms with Gasteiger partial charge in [0, 0.05) is 10.8 Å². The second-order valence-corrected chi connectivity index (χ2v) is 6.93. The fourth-order valence-corrected chi connectivity index (χ4v) is 3.04. The predicted octanol–water partition coefficient (Wildman–Crippen LogP) is 1.54. The van der Waals surface area contributed by atoms with Gasteiger partial charge in [0.05, 0.1) is 16.0 Å². The lowest BCUT2D eigenvalue weighted by Crippen LogP contribution is -2.30. The van der Waals surface area contributed by atoms with Crippen LogP contribution in [0.15, 0.2) is 0 Å². The minimum atomic E-state index is -3.49. The number of rotatable bonds is 3. The number of hydrogen-bond acceptors (Lipinski definition) is 4. The van der Waals surface area contributed by atoms with Gasteiger partial charge in [0.15, 0.2) is 0 Å². The van der Waals surface area contributed by atoms with E-state index in [4.69, 9.17) is 5.14 Å². The molecule has 6 heteroatoms. The Morgan fingerprint density at radius 3 is 2.20 bits per heavy atom. The highest BCUT2D eigenvalue weighted by Crippen LogP contribution is 2.28. The number of thiazole rings is 1. The number of hydrogen-bond donors (Lipinski definition) is 1. The predicted molar refractivity (Wildman–Crippen MR) is 62.6 cm³/mol. The molecule has 86 valence electrons. The summed E-state index contributed by atoms with van der Waals surface area (Å²) in [5.74, 6) is -0.155. The first-order valence-electron chi connectivity index (χ1n) is 4.69. The Balaban J connectivity index is 3.00. The molecule has 0 bridgehead atoms. The van der Waals surface area contributed by atoms with E-state index in [0.717, 1.165) is 15.6 Å². The zero-order valence-corrected chi connectivity index (χ0v) is 10.9. The van der Waals surface area contributed by atoms with E-state index in [2.05, 4.69) is 4.98 Å². The van der Waals surface area contributed by atoms with Gasteiger partial charge in [-0.15, -0.1) is 11.3 Å². The van der Waals surface area contributed by atoms with Gasteiger partial charge in [0.2, 0.25) is 10.0 Å². The van der Waals surface area contributed by atoms with Gasteiger partial charge in [-0.05, 0) is 20.8 Å². The van der Waals surface area contributed by atoms with Crippen molar-refractivity contribution in [2.45, 2.75) is 38.9 Å². The molecule has 1 aromatic heterocycles. The molecule has 0 radical (unpaired) electrons. The average Bonchev–Trinajstić information content (AvgIpc) is 2.43. The number of sulfonamides is 1. The van der Waals surface area contributed by atoms with Crippen molar-refractivity contribution in [2.75, 3.05) is 0 Å². The molecule has 1 rings (SSSR count). The second kappa shape index (κ2) is 4.19. The minimum Gasteiger partial charge on any atom is -0.246 e. The quantitative estimate of drug-likeness (QED) is 0.881. The number of primary sulfonamides is 1. The van der Waals surface area contributed by atoms with E-state index < -0.39 is 15.3 Å². The summed E-state index contributed by atoms with van der Waals surface area (Å²) < 4.78 is 22.4. The van der Waals surface area contributed by atoms with Crippen LogP contribution >= 0.6 is 11.3 Å². The van der Waals surface area contributed by atoms with Crippen molar-refractivity contribution in [3.05, 3.63) is 15.6 Å². The Morgan fingerprint density at radius 1 is 1.33 bits per heavy atom. The summed E-state index contributed by atoms with van der Waals surface area (Å²) in [5.41, 5.74) is 0.962. The second-order valence-electron chi connectivity index (χ2n) is 3.78. The maximum absolute atomic E-state index is 11.2. The molecule has 2 N–H and O–H groups in total. The van der Waals surface area contributed by atoms with Crippen LogP contribution in [0.5, 0.6) is 0 Å². The fourth-order valence-electron chi connectivity index (χ4n) is 1.18. The van der Waals surface area contributed by atoms with E-state index in [1.165, 1.54) is 11.3 Å². The van der Waals surface area contributed by atoms with Crippen molar-refractivity contribution < 1.29 is 8.42 Å². The summed E-state index contributed by atoms with van der Waals surface area (Å²) in [6.07, 6.45) is 0. The number of aromatic nitrogens is 1. The smallest absolute Gasteiger partial charge is 0.212 e. The molecule has 4 nitrogen and oxygen atoms in total. The van der Waals surface area contributed by atoms with Crippen LogP contribution in [0.2, 0.25) is 0 Å². The Bertz CT molecular complexity index is 431. The maximum atomic E-state index is 11.2. The SMILES string of the molecule is Cc1nc([C@@H](C)[C@H](C)S(N)(=O)=O)sc1C. The van der Waals surface area contributed by atoms with E-state index in [1.807, 2.05) is 20.8 Å². The van der Waals surface area contributed by atoms with Gasteiger partial charge in [0.25, 0.3) is 0 Å². The Labute approximate surface area is 94.6 Å². The van der Waals surface area contributed by atoms with E-state index >= 15 is 0 Å². The topological polar surface area (TPSA) is 73.0 Å². The van der Waals surface area contributed by atoms with Crippen LogP contribution in [-0.2, 0) is 10.0 Å². The molecule has 15 heavy (non-hydrogen) atoms. The third-order valence-corrected chi connectivity index (χ3v) is 5.38. The van der Waals surface area contributed by atoms with E-state index in [1.54, 1.807) is 6.92 Å². The lowest BCUT2D eigenvalue weighted by atomic mass is 10.1.